The minimum Gasteiger partial charge on any atom is -0.507 e. The highest BCUT2D eigenvalue weighted by Crippen LogP contribution is 2.41. The van der Waals surface area contributed by atoms with Gasteiger partial charge < -0.3 is 14.2 Å². The maximum absolute atomic E-state index is 10.7. The van der Waals surface area contributed by atoms with Gasteiger partial charge in [0.2, 0.25) is 0 Å². The van der Waals surface area contributed by atoms with E-state index in [1.165, 1.54) is 50.0 Å². The van der Waals surface area contributed by atoms with E-state index < -0.39 is 0 Å². The summed E-state index contributed by atoms with van der Waals surface area (Å²) in [5.74, 6) is 0.935. The second-order valence-corrected chi connectivity index (χ2v) is 20.4. The number of aromatic nitrogens is 4. The van der Waals surface area contributed by atoms with E-state index in [1.807, 2.05) is 31.4 Å². The molecule has 9 aromatic rings. The Labute approximate surface area is 372 Å². The standard InChI is InChI=1S/C58H58N4O/c1-36-27-42-31-45(58(8,9)10)35-49(54(42)62(36)46-20-15-17-37(32-46)41-29-43(56(2,3)4)34-44(30-41)57(5,6)7)39-25-26-59-50(33-39)40-19-14-18-38(28-40)47-22-16-23-51-53(47)60-55(61(51)11)48-21-12-13-24-52(48)63/h12-35,63H,1-11H3. The smallest absolute Gasteiger partial charge is 0.144 e. The van der Waals surface area contributed by atoms with Crippen molar-refractivity contribution in [3.05, 3.63) is 168 Å². The molecule has 6 aromatic carbocycles. The molecule has 316 valence electrons. The summed E-state index contributed by atoms with van der Waals surface area (Å²) < 4.78 is 4.49. The molecule has 0 radical (unpaired) electrons. The average Bonchev–Trinajstić information content (AvgIpc) is 3.77. The number of hydrogen-bond acceptors (Lipinski definition) is 3. The maximum atomic E-state index is 10.7. The van der Waals surface area contributed by atoms with Crippen LogP contribution >= 0.6 is 0 Å². The summed E-state index contributed by atoms with van der Waals surface area (Å²) in [5, 5.41) is 11.9. The number of pyridine rings is 1. The number of nitrogens with zero attached hydrogens (tertiary/aromatic N) is 4. The highest BCUT2D eigenvalue weighted by Gasteiger charge is 2.24. The molecule has 0 unspecified atom stereocenters. The Morgan fingerprint density at radius 2 is 1.13 bits per heavy atom. The fourth-order valence-electron chi connectivity index (χ4n) is 8.91. The van der Waals surface area contributed by atoms with Gasteiger partial charge in [-0.1, -0.05) is 135 Å². The molecule has 5 heteroatoms. The van der Waals surface area contributed by atoms with Crippen LogP contribution in [0.25, 0.3) is 83.6 Å². The normalized spacial score (nSPS) is 12.4. The molecule has 3 heterocycles. The number of fused-ring (bicyclic) bond motifs is 2. The molecular weight excluding hydrogens is 769 g/mol. The number of para-hydroxylation sites is 2. The molecule has 0 amide bonds. The van der Waals surface area contributed by atoms with Gasteiger partial charge in [0.05, 0.1) is 27.8 Å². The molecule has 0 aliphatic heterocycles. The second-order valence-electron chi connectivity index (χ2n) is 20.4. The van der Waals surface area contributed by atoms with Crippen molar-refractivity contribution in [3.8, 4) is 67.5 Å². The van der Waals surface area contributed by atoms with Gasteiger partial charge >= 0.3 is 0 Å². The zero-order chi connectivity index (χ0) is 44.6. The predicted molar refractivity (Wildman–Crippen MR) is 265 cm³/mol. The molecule has 9 rings (SSSR count). The highest BCUT2D eigenvalue weighted by atomic mass is 16.3. The molecule has 0 aliphatic rings. The van der Waals surface area contributed by atoms with E-state index in [-0.39, 0.29) is 22.0 Å². The van der Waals surface area contributed by atoms with Crippen molar-refractivity contribution in [2.45, 2.75) is 85.5 Å². The number of aromatic hydroxyl groups is 1. The van der Waals surface area contributed by atoms with Crippen LogP contribution in [-0.2, 0) is 23.3 Å². The molecule has 0 fully saturated rings. The van der Waals surface area contributed by atoms with Crippen molar-refractivity contribution >= 4 is 21.9 Å². The molecule has 0 aliphatic carbocycles. The van der Waals surface area contributed by atoms with Crippen molar-refractivity contribution in [1.82, 2.24) is 19.1 Å². The lowest BCUT2D eigenvalue weighted by atomic mass is 9.79. The van der Waals surface area contributed by atoms with Crippen molar-refractivity contribution in [3.63, 3.8) is 0 Å². The summed E-state index contributed by atoms with van der Waals surface area (Å²) in [5.41, 5.74) is 18.8. The Kier molecular flexibility index (Phi) is 10.1. The van der Waals surface area contributed by atoms with Crippen LogP contribution in [0.15, 0.2) is 146 Å². The monoisotopic (exact) mass is 826 g/mol. The molecular formula is C58H58N4O. The van der Waals surface area contributed by atoms with E-state index in [9.17, 15) is 5.11 Å². The Bertz CT molecular complexity index is 3180. The lowest BCUT2D eigenvalue weighted by molar-refractivity contribution is 0.476. The number of rotatable bonds is 6. The summed E-state index contributed by atoms with van der Waals surface area (Å²) in [4.78, 5) is 10.1. The maximum Gasteiger partial charge on any atom is 0.144 e. The van der Waals surface area contributed by atoms with Gasteiger partial charge in [-0.2, -0.15) is 0 Å². The van der Waals surface area contributed by atoms with Crippen molar-refractivity contribution in [2.24, 2.45) is 7.05 Å². The highest BCUT2D eigenvalue weighted by molar-refractivity contribution is 5.99. The number of hydrogen-bond donors (Lipinski definition) is 1. The minimum atomic E-state index is -0.0580. The first-order valence-corrected chi connectivity index (χ1v) is 22.1. The molecule has 0 atom stereocenters. The van der Waals surface area contributed by atoms with Gasteiger partial charge in [0.1, 0.15) is 11.6 Å². The zero-order valence-corrected chi connectivity index (χ0v) is 38.6. The van der Waals surface area contributed by atoms with Crippen LogP contribution in [0.3, 0.4) is 0 Å². The molecule has 1 N–H and O–H groups in total. The van der Waals surface area contributed by atoms with E-state index in [1.54, 1.807) is 6.07 Å². The molecule has 63 heavy (non-hydrogen) atoms. The third kappa shape index (κ3) is 7.75. The first-order chi connectivity index (χ1) is 29.8. The number of aryl methyl sites for hydroxylation is 2. The Balaban J connectivity index is 1.17. The Hall–Kier alpha value is -6.72. The topological polar surface area (TPSA) is 55.9 Å². The van der Waals surface area contributed by atoms with Gasteiger partial charge in [-0.3, -0.25) is 4.98 Å². The van der Waals surface area contributed by atoms with Crippen LogP contribution in [0.2, 0.25) is 0 Å². The molecule has 0 saturated carbocycles. The fraction of sp³-hybridized carbons (Fsp3) is 0.241. The molecule has 0 spiro atoms. The van der Waals surface area contributed by atoms with E-state index in [0.29, 0.717) is 5.56 Å². The quantitative estimate of drug-likeness (QED) is 0.182. The van der Waals surface area contributed by atoms with Crippen LogP contribution in [0.4, 0.5) is 0 Å². The molecule has 5 nitrogen and oxygen atoms in total. The van der Waals surface area contributed by atoms with Crippen molar-refractivity contribution in [1.29, 1.82) is 0 Å². The van der Waals surface area contributed by atoms with Gasteiger partial charge in [0.15, 0.2) is 0 Å². The first kappa shape index (κ1) is 41.6. The number of imidazole rings is 1. The summed E-state index contributed by atoms with van der Waals surface area (Å²) in [6, 6.07) is 50.0. The van der Waals surface area contributed by atoms with Crippen LogP contribution in [0.1, 0.15) is 84.7 Å². The average molecular weight is 827 g/mol. The van der Waals surface area contributed by atoms with Gasteiger partial charge in [-0.25, -0.2) is 4.98 Å². The lowest BCUT2D eigenvalue weighted by Gasteiger charge is -2.26. The van der Waals surface area contributed by atoms with Gasteiger partial charge in [-0.15, -0.1) is 0 Å². The fourth-order valence-corrected chi connectivity index (χ4v) is 8.91. The van der Waals surface area contributed by atoms with Gasteiger partial charge in [-0.05, 0) is 129 Å². The molecule has 3 aromatic heterocycles. The second kappa shape index (κ2) is 15.3. The van der Waals surface area contributed by atoms with Crippen LogP contribution < -0.4 is 0 Å². The molecule has 0 saturated heterocycles. The minimum absolute atomic E-state index is 0.0244. The number of benzene rings is 6. The third-order valence-electron chi connectivity index (χ3n) is 12.6. The lowest BCUT2D eigenvalue weighted by Crippen LogP contribution is -2.16. The molecule has 0 bridgehead atoms. The summed E-state index contributed by atoms with van der Waals surface area (Å²) in [7, 11) is 2.00. The Morgan fingerprint density at radius 1 is 0.508 bits per heavy atom. The SMILES string of the molecule is Cc1cc2cc(C(C)(C)C)cc(-c3ccnc(-c4cccc(-c5cccc6c5nc(-c5ccccc5O)n6C)c4)c3)c2n1-c1cccc(-c2cc(C(C)(C)C)cc(C(C)(C)C)c2)c1. The van der Waals surface area contributed by atoms with Gasteiger partial charge in [0, 0.05) is 46.7 Å². The largest absolute Gasteiger partial charge is 0.507 e. The van der Waals surface area contributed by atoms with E-state index >= 15 is 0 Å². The number of phenols is 1. The van der Waals surface area contributed by atoms with Crippen LogP contribution in [-0.4, -0.2) is 24.2 Å². The van der Waals surface area contributed by atoms with Crippen LogP contribution in [0, 0.1) is 6.92 Å². The Morgan fingerprint density at radius 3 is 1.84 bits per heavy atom. The van der Waals surface area contributed by atoms with E-state index in [0.717, 1.165) is 50.5 Å². The number of phenolic OH excluding ortho intramolecular Hbond substituents is 1. The predicted octanol–water partition coefficient (Wildman–Crippen LogP) is 15.2. The van der Waals surface area contributed by atoms with Crippen LogP contribution in [0.5, 0.6) is 5.75 Å². The van der Waals surface area contributed by atoms with E-state index in [2.05, 4.69) is 194 Å². The summed E-state index contributed by atoms with van der Waals surface area (Å²) in [6.07, 6.45) is 1.95. The summed E-state index contributed by atoms with van der Waals surface area (Å²) >= 11 is 0. The first-order valence-electron chi connectivity index (χ1n) is 22.1. The van der Waals surface area contributed by atoms with Gasteiger partial charge in [0.25, 0.3) is 0 Å². The third-order valence-corrected chi connectivity index (χ3v) is 12.6. The van der Waals surface area contributed by atoms with Crippen molar-refractivity contribution in [2.75, 3.05) is 0 Å². The summed E-state index contributed by atoms with van der Waals surface area (Å²) in [6.45, 7) is 22.9. The van der Waals surface area contributed by atoms with Crippen molar-refractivity contribution < 1.29 is 5.11 Å². The van der Waals surface area contributed by atoms with E-state index in [4.69, 9.17) is 9.97 Å². The zero-order valence-electron chi connectivity index (χ0n) is 38.6.